The highest BCUT2D eigenvalue weighted by Gasteiger charge is 2.65. The average Bonchev–Trinajstić information content (AvgIpc) is 3.17. The molecule has 7 heteroatoms. The summed E-state index contributed by atoms with van der Waals surface area (Å²) < 4.78 is 38.2. The summed E-state index contributed by atoms with van der Waals surface area (Å²) in [6.45, 7) is 2.43. The van der Waals surface area contributed by atoms with Gasteiger partial charge in [0, 0.05) is 17.7 Å². The first-order chi connectivity index (χ1) is 8.90. The van der Waals surface area contributed by atoms with E-state index in [-0.39, 0.29) is 11.5 Å². The van der Waals surface area contributed by atoms with Gasteiger partial charge >= 0.3 is 11.8 Å². The maximum absolute atomic E-state index is 12.7. The number of rotatable bonds is 4. The van der Waals surface area contributed by atoms with Crippen molar-refractivity contribution in [3.05, 3.63) is 35.4 Å². The molecule has 0 bridgehead atoms. The van der Waals surface area contributed by atoms with Crippen LogP contribution in [0, 0.1) is 0 Å². The lowest BCUT2D eigenvalue weighted by molar-refractivity contribution is -0.166. The Balaban J connectivity index is 2.14. The molecule has 0 aliphatic carbocycles. The van der Waals surface area contributed by atoms with E-state index in [1.807, 2.05) is 6.92 Å². The van der Waals surface area contributed by atoms with Gasteiger partial charge in [-0.1, -0.05) is 19.1 Å². The SMILES string of the molecule is CCCNC(=O)c1ccc(C2(C(F)(F)F)N=N2)cc1. The highest BCUT2D eigenvalue weighted by Crippen LogP contribution is 2.52. The van der Waals surface area contributed by atoms with E-state index in [1.165, 1.54) is 24.3 Å². The molecule has 2 rings (SSSR count). The predicted molar refractivity (Wildman–Crippen MR) is 61.7 cm³/mol. The molecule has 1 N–H and O–H groups in total. The van der Waals surface area contributed by atoms with Gasteiger partial charge in [-0.2, -0.15) is 13.2 Å². The summed E-state index contributed by atoms with van der Waals surface area (Å²) in [6, 6.07) is 5.15. The number of benzene rings is 1. The number of amides is 1. The fourth-order valence-corrected chi connectivity index (χ4v) is 1.64. The molecule has 1 heterocycles. The van der Waals surface area contributed by atoms with Gasteiger partial charge in [0.05, 0.1) is 0 Å². The van der Waals surface area contributed by atoms with Crippen LogP contribution in [0.5, 0.6) is 0 Å². The van der Waals surface area contributed by atoms with Crippen LogP contribution in [0.2, 0.25) is 0 Å². The first-order valence-corrected chi connectivity index (χ1v) is 5.80. The van der Waals surface area contributed by atoms with Gasteiger partial charge in [-0.25, -0.2) is 0 Å². The number of carbonyl (C=O) groups is 1. The monoisotopic (exact) mass is 271 g/mol. The number of alkyl halides is 3. The summed E-state index contributed by atoms with van der Waals surface area (Å²) in [5.41, 5.74) is -2.19. The Morgan fingerprint density at radius 3 is 2.26 bits per heavy atom. The fraction of sp³-hybridized carbons (Fsp3) is 0.417. The first kappa shape index (κ1) is 13.5. The molecule has 0 saturated heterocycles. The van der Waals surface area contributed by atoms with Crippen molar-refractivity contribution in [2.75, 3.05) is 6.54 Å². The molecule has 0 saturated carbocycles. The van der Waals surface area contributed by atoms with Gasteiger partial charge in [-0.05, 0) is 18.6 Å². The van der Waals surface area contributed by atoms with Gasteiger partial charge in [0.1, 0.15) is 0 Å². The summed E-state index contributed by atoms with van der Waals surface area (Å²) in [5, 5.41) is 8.84. The fourth-order valence-electron chi connectivity index (χ4n) is 1.64. The molecule has 0 unspecified atom stereocenters. The third kappa shape index (κ3) is 2.45. The molecular weight excluding hydrogens is 259 g/mol. The molecule has 0 radical (unpaired) electrons. The van der Waals surface area contributed by atoms with E-state index in [0.717, 1.165) is 6.42 Å². The lowest BCUT2D eigenvalue weighted by Gasteiger charge is -2.14. The van der Waals surface area contributed by atoms with E-state index in [1.54, 1.807) is 0 Å². The molecule has 1 aromatic rings. The van der Waals surface area contributed by atoms with Gasteiger partial charge in [0.15, 0.2) is 0 Å². The second kappa shape index (κ2) is 4.64. The summed E-state index contributed by atoms with van der Waals surface area (Å²) in [6.07, 6.45) is -3.75. The standard InChI is InChI=1S/C12H12F3N3O/c1-2-7-16-10(19)8-3-5-9(6-4-8)11(17-18-11)12(13,14)15/h3-6H,2,7H2,1H3,(H,16,19). The average molecular weight is 271 g/mol. The number of hydrogen-bond acceptors (Lipinski definition) is 3. The Kier molecular flexibility index (Phi) is 3.30. The largest absolute Gasteiger partial charge is 0.442 e. The Hall–Kier alpha value is -1.92. The van der Waals surface area contributed by atoms with Crippen LogP contribution in [0.4, 0.5) is 13.2 Å². The normalized spacial score (nSPS) is 16.2. The van der Waals surface area contributed by atoms with E-state index < -0.39 is 11.8 Å². The van der Waals surface area contributed by atoms with Crippen molar-refractivity contribution in [3.8, 4) is 0 Å². The van der Waals surface area contributed by atoms with Crippen LogP contribution >= 0.6 is 0 Å². The van der Waals surface area contributed by atoms with E-state index in [4.69, 9.17) is 0 Å². The Labute approximate surface area is 107 Å². The zero-order valence-electron chi connectivity index (χ0n) is 10.2. The number of carbonyl (C=O) groups excluding carboxylic acids is 1. The van der Waals surface area contributed by atoms with Gasteiger partial charge < -0.3 is 5.32 Å². The maximum Gasteiger partial charge on any atom is 0.442 e. The lowest BCUT2D eigenvalue weighted by atomic mass is 10.0. The van der Waals surface area contributed by atoms with Crippen LogP contribution in [-0.4, -0.2) is 18.6 Å². The zero-order valence-corrected chi connectivity index (χ0v) is 10.2. The van der Waals surface area contributed by atoms with Crippen molar-refractivity contribution in [1.29, 1.82) is 0 Å². The molecule has 0 spiro atoms. The summed E-state index contributed by atoms with van der Waals surface area (Å²) in [7, 11) is 0. The summed E-state index contributed by atoms with van der Waals surface area (Å²) >= 11 is 0. The Morgan fingerprint density at radius 2 is 1.84 bits per heavy atom. The van der Waals surface area contributed by atoms with Gasteiger partial charge in [0.2, 0.25) is 0 Å². The molecule has 1 aliphatic heterocycles. The van der Waals surface area contributed by atoms with Gasteiger partial charge in [0.25, 0.3) is 5.91 Å². The second-order valence-corrected chi connectivity index (χ2v) is 4.20. The molecule has 0 fully saturated rings. The minimum absolute atomic E-state index is 0.0768. The molecule has 102 valence electrons. The van der Waals surface area contributed by atoms with Crippen LogP contribution < -0.4 is 5.32 Å². The Bertz CT molecular complexity index is 502. The topological polar surface area (TPSA) is 53.8 Å². The minimum atomic E-state index is -4.54. The molecule has 19 heavy (non-hydrogen) atoms. The highest BCUT2D eigenvalue weighted by molar-refractivity contribution is 5.94. The first-order valence-electron chi connectivity index (χ1n) is 5.80. The minimum Gasteiger partial charge on any atom is -0.352 e. The molecule has 1 aliphatic rings. The van der Waals surface area contributed by atoms with Crippen molar-refractivity contribution in [1.82, 2.24) is 5.32 Å². The molecule has 1 aromatic carbocycles. The van der Waals surface area contributed by atoms with Crippen LogP contribution in [0.25, 0.3) is 0 Å². The number of halogens is 3. The lowest BCUT2D eigenvalue weighted by Crippen LogP contribution is -2.30. The molecular formula is C12H12F3N3O. The van der Waals surface area contributed by atoms with Crippen molar-refractivity contribution in [2.45, 2.75) is 25.2 Å². The second-order valence-electron chi connectivity index (χ2n) is 4.20. The zero-order chi connectivity index (χ0) is 14.1. The van der Waals surface area contributed by atoms with Gasteiger partial charge in [-0.15, -0.1) is 10.2 Å². The van der Waals surface area contributed by atoms with Crippen molar-refractivity contribution >= 4 is 5.91 Å². The third-order valence-electron chi connectivity index (χ3n) is 2.78. The number of hydrogen-bond donors (Lipinski definition) is 1. The third-order valence-corrected chi connectivity index (χ3v) is 2.78. The van der Waals surface area contributed by atoms with E-state index in [2.05, 4.69) is 15.5 Å². The van der Waals surface area contributed by atoms with Crippen molar-refractivity contribution in [3.63, 3.8) is 0 Å². The molecule has 4 nitrogen and oxygen atoms in total. The quantitative estimate of drug-likeness (QED) is 0.899. The van der Waals surface area contributed by atoms with Crippen LogP contribution in [-0.2, 0) is 5.66 Å². The number of nitrogens with zero attached hydrogens (tertiary/aromatic N) is 2. The van der Waals surface area contributed by atoms with Crippen molar-refractivity contribution in [2.24, 2.45) is 10.2 Å². The van der Waals surface area contributed by atoms with Crippen molar-refractivity contribution < 1.29 is 18.0 Å². The maximum atomic E-state index is 12.7. The summed E-state index contributed by atoms with van der Waals surface area (Å²) in [4.78, 5) is 11.6. The number of nitrogens with one attached hydrogen (secondary N) is 1. The molecule has 0 atom stereocenters. The van der Waals surface area contributed by atoms with E-state index >= 15 is 0 Å². The van der Waals surface area contributed by atoms with E-state index in [0.29, 0.717) is 12.1 Å². The molecule has 0 aromatic heterocycles. The highest BCUT2D eigenvalue weighted by atomic mass is 19.4. The van der Waals surface area contributed by atoms with Crippen LogP contribution in [0.1, 0.15) is 29.3 Å². The smallest absolute Gasteiger partial charge is 0.352 e. The van der Waals surface area contributed by atoms with Crippen LogP contribution in [0.3, 0.4) is 0 Å². The predicted octanol–water partition coefficient (Wildman–Crippen LogP) is 3.01. The molecule has 1 amide bonds. The van der Waals surface area contributed by atoms with Gasteiger partial charge in [-0.3, -0.25) is 4.79 Å². The Morgan fingerprint density at radius 1 is 1.26 bits per heavy atom. The summed E-state index contributed by atoms with van der Waals surface area (Å²) in [5.74, 6) is -0.306. The van der Waals surface area contributed by atoms with Crippen LogP contribution in [0.15, 0.2) is 34.5 Å². The van der Waals surface area contributed by atoms with E-state index in [9.17, 15) is 18.0 Å².